The van der Waals surface area contributed by atoms with Crippen molar-refractivity contribution >= 4 is 23.1 Å². The summed E-state index contributed by atoms with van der Waals surface area (Å²) in [6.07, 6.45) is 0. The number of amides is 1. The number of rotatable bonds is 7. The van der Waals surface area contributed by atoms with Gasteiger partial charge in [0.1, 0.15) is 17.5 Å². The Morgan fingerprint density at radius 1 is 1.00 bits per heavy atom. The Labute approximate surface area is 147 Å². The molecule has 0 radical (unpaired) electrons. The van der Waals surface area contributed by atoms with E-state index in [2.05, 4.69) is 10.6 Å². The van der Waals surface area contributed by atoms with Crippen molar-refractivity contribution in [3.05, 3.63) is 48.0 Å². The Hall–Kier alpha value is -3.02. The SMILES string of the molecule is COc1ccc(OC)c(N[C@H](C)C(=O)Nc2ccc(C(C)=O)cc2)c1. The van der Waals surface area contributed by atoms with Gasteiger partial charge in [-0.25, -0.2) is 0 Å². The summed E-state index contributed by atoms with van der Waals surface area (Å²) in [6.45, 7) is 3.25. The molecule has 0 unspecified atom stereocenters. The third-order valence-corrected chi connectivity index (χ3v) is 3.73. The zero-order valence-electron chi connectivity index (χ0n) is 14.8. The van der Waals surface area contributed by atoms with Crippen LogP contribution in [0.25, 0.3) is 0 Å². The fraction of sp³-hybridized carbons (Fsp3) is 0.263. The normalized spacial score (nSPS) is 11.4. The number of benzene rings is 2. The van der Waals surface area contributed by atoms with Crippen molar-refractivity contribution in [2.24, 2.45) is 0 Å². The summed E-state index contributed by atoms with van der Waals surface area (Å²) in [5, 5.41) is 5.92. The van der Waals surface area contributed by atoms with Crippen LogP contribution in [0.5, 0.6) is 11.5 Å². The molecule has 2 aromatic rings. The quantitative estimate of drug-likeness (QED) is 0.755. The average Bonchev–Trinajstić information content (AvgIpc) is 2.61. The van der Waals surface area contributed by atoms with Crippen LogP contribution in [0.15, 0.2) is 42.5 Å². The van der Waals surface area contributed by atoms with Gasteiger partial charge < -0.3 is 20.1 Å². The molecule has 0 fully saturated rings. The monoisotopic (exact) mass is 342 g/mol. The van der Waals surface area contributed by atoms with Gasteiger partial charge in [0.2, 0.25) is 5.91 Å². The van der Waals surface area contributed by atoms with Crippen molar-refractivity contribution in [3.8, 4) is 11.5 Å². The highest BCUT2D eigenvalue weighted by Crippen LogP contribution is 2.29. The molecule has 0 heterocycles. The molecule has 0 saturated carbocycles. The summed E-state index contributed by atoms with van der Waals surface area (Å²) < 4.78 is 10.5. The average molecular weight is 342 g/mol. The largest absolute Gasteiger partial charge is 0.497 e. The molecule has 1 atom stereocenters. The van der Waals surface area contributed by atoms with Crippen molar-refractivity contribution in [1.29, 1.82) is 0 Å². The molecule has 2 N–H and O–H groups in total. The molecule has 0 aliphatic carbocycles. The van der Waals surface area contributed by atoms with E-state index in [1.807, 2.05) is 0 Å². The topological polar surface area (TPSA) is 76.7 Å². The molecule has 132 valence electrons. The van der Waals surface area contributed by atoms with E-state index < -0.39 is 6.04 Å². The predicted molar refractivity (Wildman–Crippen MR) is 97.7 cm³/mol. The van der Waals surface area contributed by atoms with Gasteiger partial charge >= 0.3 is 0 Å². The zero-order chi connectivity index (χ0) is 18.4. The molecule has 1 amide bonds. The molecule has 25 heavy (non-hydrogen) atoms. The third kappa shape index (κ3) is 4.73. The van der Waals surface area contributed by atoms with E-state index in [0.29, 0.717) is 28.4 Å². The van der Waals surface area contributed by atoms with Crippen LogP contribution in [0.3, 0.4) is 0 Å². The van der Waals surface area contributed by atoms with Gasteiger partial charge in [0.05, 0.1) is 19.9 Å². The van der Waals surface area contributed by atoms with Crippen molar-refractivity contribution in [2.75, 3.05) is 24.9 Å². The van der Waals surface area contributed by atoms with Crippen molar-refractivity contribution in [2.45, 2.75) is 19.9 Å². The van der Waals surface area contributed by atoms with Crippen molar-refractivity contribution in [3.63, 3.8) is 0 Å². The summed E-state index contributed by atoms with van der Waals surface area (Å²) >= 11 is 0. The van der Waals surface area contributed by atoms with Gasteiger partial charge in [-0.15, -0.1) is 0 Å². The van der Waals surface area contributed by atoms with Crippen LogP contribution in [-0.2, 0) is 4.79 Å². The van der Waals surface area contributed by atoms with E-state index in [9.17, 15) is 9.59 Å². The summed E-state index contributed by atoms with van der Waals surface area (Å²) in [4.78, 5) is 23.7. The maximum absolute atomic E-state index is 12.4. The molecule has 0 aliphatic rings. The lowest BCUT2D eigenvalue weighted by atomic mass is 10.1. The van der Waals surface area contributed by atoms with Crippen molar-refractivity contribution < 1.29 is 19.1 Å². The second-order valence-corrected chi connectivity index (χ2v) is 5.56. The first-order chi connectivity index (χ1) is 11.9. The van der Waals surface area contributed by atoms with Gasteiger partial charge in [-0.05, 0) is 50.2 Å². The van der Waals surface area contributed by atoms with Crippen LogP contribution in [0, 0.1) is 0 Å². The van der Waals surface area contributed by atoms with E-state index in [4.69, 9.17) is 9.47 Å². The lowest BCUT2D eigenvalue weighted by molar-refractivity contribution is -0.116. The molecule has 0 spiro atoms. The van der Waals surface area contributed by atoms with Gasteiger partial charge in [-0.2, -0.15) is 0 Å². The Morgan fingerprint density at radius 3 is 2.24 bits per heavy atom. The number of nitrogens with one attached hydrogen (secondary N) is 2. The number of hydrogen-bond donors (Lipinski definition) is 2. The molecule has 0 saturated heterocycles. The van der Waals surface area contributed by atoms with Gasteiger partial charge in [-0.3, -0.25) is 9.59 Å². The maximum Gasteiger partial charge on any atom is 0.246 e. The standard InChI is InChI=1S/C19H22N2O4/c1-12(20-17-11-16(24-3)9-10-18(17)25-4)19(23)21-15-7-5-14(6-8-15)13(2)22/h5-12,20H,1-4H3,(H,21,23)/t12-/m1/s1. The van der Waals surface area contributed by atoms with Gasteiger partial charge in [-0.1, -0.05) is 0 Å². The molecular formula is C19H22N2O4. The Balaban J connectivity index is 2.06. The number of Topliss-reactive ketones (excluding diaryl/α,β-unsaturated/α-hetero) is 1. The fourth-order valence-electron chi connectivity index (χ4n) is 2.26. The van der Waals surface area contributed by atoms with E-state index >= 15 is 0 Å². The molecular weight excluding hydrogens is 320 g/mol. The summed E-state index contributed by atoms with van der Waals surface area (Å²) in [5.41, 5.74) is 1.89. The van der Waals surface area contributed by atoms with Crippen LogP contribution in [0.1, 0.15) is 24.2 Å². The van der Waals surface area contributed by atoms with Gasteiger partial charge in [0.25, 0.3) is 0 Å². The first-order valence-electron chi connectivity index (χ1n) is 7.85. The molecule has 6 nitrogen and oxygen atoms in total. The molecule has 6 heteroatoms. The Kier molecular flexibility index (Phi) is 6.00. The smallest absolute Gasteiger partial charge is 0.246 e. The van der Waals surface area contributed by atoms with Crippen LogP contribution in [0.2, 0.25) is 0 Å². The maximum atomic E-state index is 12.4. The lowest BCUT2D eigenvalue weighted by Crippen LogP contribution is -2.32. The van der Waals surface area contributed by atoms with Crippen LogP contribution in [-0.4, -0.2) is 32.0 Å². The number of hydrogen-bond acceptors (Lipinski definition) is 5. The van der Waals surface area contributed by atoms with Crippen LogP contribution in [0.4, 0.5) is 11.4 Å². The number of carbonyl (C=O) groups is 2. The summed E-state index contributed by atoms with van der Waals surface area (Å²) in [6, 6.07) is 11.6. The molecule has 0 aliphatic heterocycles. The summed E-state index contributed by atoms with van der Waals surface area (Å²) in [7, 11) is 3.14. The molecule has 0 bridgehead atoms. The van der Waals surface area contributed by atoms with Gasteiger partial charge in [0.15, 0.2) is 5.78 Å². The van der Waals surface area contributed by atoms with E-state index in [1.165, 1.54) is 6.92 Å². The van der Waals surface area contributed by atoms with E-state index in [0.717, 1.165) is 0 Å². The highest BCUT2D eigenvalue weighted by molar-refractivity contribution is 5.98. The number of ketones is 1. The second-order valence-electron chi connectivity index (χ2n) is 5.56. The fourth-order valence-corrected chi connectivity index (χ4v) is 2.26. The number of carbonyl (C=O) groups excluding carboxylic acids is 2. The van der Waals surface area contributed by atoms with Crippen molar-refractivity contribution in [1.82, 2.24) is 0 Å². The highest BCUT2D eigenvalue weighted by atomic mass is 16.5. The van der Waals surface area contributed by atoms with Crippen LogP contribution < -0.4 is 20.1 Å². The predicted octanol–water partition coefficient (Wildman–Crippen LogP) is 3.35. The first-order valence-corrected chi connectivity index (χ1v) is 7.85. The summed E-state index contributed by atoms with van der Waals surface area (Å²) in [5.74, 6) is 1.06. The van der Waals surface area contributed by atoms with Gasteiger partial charge in [0, 0.05) is 17.3 Å². The third-order valence-electron chi connectivity index (χ3n) is 3.73. The lowest BCUT2D eigenvalue weighted by Gasteiger charge is -2.18. The second kappa shape index (κ2) is 8.19. The Bertz CT molecular complexity index is 757. The first kappa shape index (κ1) is 18.3. The molecule has 2 rings (SSSR count). The van der Waals surface area contributed by atoms with E-state index in [1.54, 1.807) is 63.6 Å². The Morgan fingerprint density at radius 2 is 1.68 bits per heavy atom. The van der Waals surface area contributed by atoms with E-state index in [-0.39, 0.29) is 11.7 Å². The number of methoxy groups -OCH3 is 2. The minimum Gasteiger partial charge on any atom is -0.497 e. The zero-order valence-corrected chi connectivity index (χ0v) is 14.8. The number of ether oxygens (including phenoxy) is 2. The van der Waals surface area contributed by atoms with Crippen LogP contribution >= 0.6 is 0 Å². The minimum atomic E-state index is -0.506. The number of anilines is 2. The molecule has 0 aromatic heterocycles. The molecule has 2 aromatic carbocycles. The highest BCUT2D eigenvalue weighted by Gasteiger charge is 2.15. The minimum absolute atomic E-state index is 0.0157.